The van der Waals surface area contributed by atoms with Gasteiger partial charge in [0, 0.05) is 29.7 Å². The molecule has 2 aromatic heterocycles. The van der Waals surface area contributed by atoms with Crippen molar-refractivity contribution in [3.63, 3.8) is 0 Å². The van der Waals surface area contributed by atoms with Crippen LogP contribution in [0.4, 0.5) is 5.82 Å². The monoisotopic (exact) mass is 373 g/mol. The predicted molar refractivity (Wildman–Crippen MR) is 113 cm³/mol. The Morgan fingerprint density at radius 2 is 1.82 bits per heavy atom. The first kappa shape index (κ1) is 17.6. The number of hydrogen-bond acceptors (Lipinski definition) is 5. The van der Waals surface area contributed by atoms with E-state index in [1.165, 1.54) is 32.1 Å². The fourth-order valence-corrected chi connectivity index (χ4v) is 4.96. The van der Waals surface area contributed by atoms with Crippen molar-refractivity contribution in [1.29, 1.82) is 0 Å². The molecule has 2 N–H and O–H groups in total. The minimum absolute atomic E-state index is 0.373. The van der Waals surface area contributed by atoms with Gasteiger partial charge >= 0.3 is 0 Å². The van der Waals surface area contributed by atoms with Crippen LogP contribution in [-0.4, -0.2) is 33.1 Å². The van der Waals surface area contributed by atoms with Gasteiger partial charge in [0.25, 0.3) is 0 Å². The molecule has 2 fully saturated rings. The Morgan fingerprint density at radius 1 is 1.04 bits per heavy atom. The Balaban J connectivity index is 1.39. The first-order valence-electron chi connectivity index (χ1n) is 10.5. The highest BCUT2D eigenvalue weighted by Gasteiger charge is 2.33. The molecule has 5 nitrogen and oxygen atoms in total. The fraction of sp³-hybridized carbons (Fsp3) is 0.435. The second-order valence-electron chi connectivity index (χ2n) is 8.38. The van der Waals surface area contributed by atoms with Gasteiger partial charge < -0.3 is 10.6 Å². The number of fused-ring (bicyclic) bond motifs is 3. The van der Waals surface area contributed by atoms with Crippen LogP contribution in [0.15, 0.2) is 48.7 Å². The predicted octanol–water partition coefficient (Wildman–Crippen LogP) is 4.41. The second kappa shape index (κ2) is 7.47. The van der Waals surface area contributed by atoms with E-state index in [1.807, 2.05) is 36.4 Å². The molecule has 0 aliphatic carbocycles. The smallest absolute Gasteiger partial charge is 0.180 e. The Labute approximate surface area is 166 Å². The van der Waals surface area contributed by atoms with Crippen molar-refractivity contribution in [2.24, 2.45) is 5.92 Å². The summed E-state index contributed by atoms with van der Waals surface area (Å²) in [5.41, 5.74) is 1.76. The molecular formula is C23H27N5. The van der Waals surface area contributed by atoms with Gasteiger partial charge in [0.2, 0.25) is 0 Å². The maximum Gasteiger partial charge on any atom is 0.180 e. The number of benzene rings is 1. The van der Waals surface area contributed by atoms with Crippen molar-refractivity contribution in [2.75, 3.05) is 5.32 Å². The molecule has 5 heteroatoms. The highest BCUT2D eigenvalue weighted by atomic mass is 15.1. The summed E-state index contributed by atoms with van der Waals surface area (Å²) in [4.78, 5) is 14.0. The average molecular weight is 374 g/mol. The second-order valence-corrected chi connectivity index (χ2v) is 8.38. The van der Waals surface area contributed by atoms with Crippen LogP contribution in [-0.2, 0) is 0 Å². The summed E-state index contributed by atoms with van der Waals surface area (Å²) in [7, 11) is 0. The van der Waals surface area contributed by atoms with Crippen LogP contribution >= 0.6 is 0 Å². The normalized spacial score (nSPS) is 25.0. The lowest BCUT2D eigenvalue weighted by Crippen LogP contribution is -2.39. The molecule has 1 aromatic carbocycles. The largest absolute Gasteiger partial charge is 0.367 e. The Hall–Kier alpha value is -2.53. The highest BCUT2D eigenvalue weighted by molar-refractivity contribution is 5.90. The molecule has 3 aromatic rings. The van der Waals surface area contributed by atoms with Gasteiger partial charge in [0.15, 0.2) is 5.82 Å². The van der Waals surface area contributed by atoms with E-state index >= 15 is 0 Å². The molecule has 144 valence electrons. The van der Waals surface area contributed by atoms with Gasteiger partial charge in [0.1, 0.15) is 11.5 Å². The first-order chi connectivity index (χ1) is 13.7. The van der Waals surface area contributed by atoms with Gasteiger partial charge in [-0.1, -0.05) is 18.2 Å². The SMILES string of the molecule is CC(CC1CC2CCC(C1)N2)Nc1nc(-c2ccccn2)nc2ccccc12. The van der Waals surface area contributed by atoms with Crippen LogP contribution < -0.4 is 10.6 Å². The van der Waals surface area contributed by atoms with E-state index in [4.69, 9.17) is 9.97 Å². The lowest BCUT2D eigenvalue weighted by Gasteiger charge is -2.31. The maximum atomic E-state index is 4.85. The number of nitrogens with zero attached hydrogens (tertiary/aromatic N) is 3. The first-order valence-corrected chi connectivity index (χ1v) is 10.5. The van der Waals surface area contributed by atoms with Crippen molar-refractivity contribution in [1.82, 2.24) is 20.3 Å². The lowest BCUT2D eigenvalue weighted by molar-refractivity contribution is 0.279. The molecule has 4 heterocycles. The summed E-state index contributed by atoms with van der Waals surface area (Å²) in [5, 5.41) is 8.51. The molecule has 28 heavy (non-hydrogen) atoms. The molecule has 2 bridgehead atoms. The van der Waals surface area contributed by atoms with E-state index in [2.05, 4.69) is 28.6 Å². The number of anilines is 1. The molecule has 2 aliphatic rings. The number of hydrogen-bond donors (Lipinski definition) is 2. The zero-order chi connectivity index (χ0) is 18.9. The number of piperidine rings is 1. The van der Waals surface area contributed by atoms with E-state index in [0.29, 0.717) is 11.9 Å². The summed E-state index contributed by atoms with van der Waals surface area (Å²) >= 11 is 0. The molecule has 5 rings (SSSR count). The quantitative estimate of drug-likeness (QED) is 0.693. The number of nitrogens with one attached hydrogen (secondary N) is 2. The summed E-state index contributed by atoms with van der Waals surface area (Å²) in [6.45, 7) is 2.28. The van der Waals surface area contributed by atoms with E-state index in [0.717, 1.165) is 40.4 Å². The number of para-hydroxylation sites is 1. The summed E-state index contributed by atoms with van der Waals surface area (Å²) in [6.07, 6.45) is 8.30. The molecule has 3 atom stereocenters. The summed E-state index contributed by atoms with van der Waals surface area (Å²) in [6, 6.07) is 15.9. The van der Waals surface area contributed by atoms with Crippen LogP contribution in [0.2, 0.25) is 0 Å². The number of aromatic nitrogens is 3. The molecule has 0 spiro atoms. The molecule has 0 saturated carbocycles. The molecule has 0 radical (unpaired) electrons. The molecule has 2 saturated heterocycles. The van der Waals surface area contributed by atoms with Crippen molar-refractivity contribution < 1.29 is 0 Å². The molecule has 3 unspecified atom stereocenters. The topological polar surface area (TPSA) is 62.7 Å². The maximum absolute atomic E-state index is 4.85. The van der Waals surface area contributed by atoms with E-state index in [1.54, 1.807) is 6.20 Å². The van der Waals surface area contributed by atoms with E-state index in [-0.39, 0.29) is 0 Å². The third-order valence-electron chi connectivity index (χ3n) is 6.14. The van der Waals surface area contributed by atoms with Crippen LogP contribution in [0.25, 0.3) is 22.4 Å². The molecule has 2 aliphatic heterocycles. The minimum atomic E-state index is 0.373. The third-order valence-corrected chi connectivity index (χ3v) is 6.14. The summed E-state index contributed by atoms with van der Waals surface area (Å²) < 4.78 is 0. The summed E-state index contributed by atoms with van der Waals surface area (Å²) in [5.74, 6) is 2.38. The van der Waals surface area contributed by atoms with Crippen LogP contribution in [0.5, 0.6) is 0 Å². The Bertz CT molecular complexity index is 946. The van der Waals surface area contributed by atoms with Crippen molar-refractivity contribution >= 4 is 16.7 Å². The standard InChI is InChI=1S/C23H27N5/c1-15(12-16-13-17-9-10-18(14-16)26-17)25-22-19-6-2-3-7-20(19)27-23(28-22)21-8-4-5-11-24-21/h2-8,11,15-18,26H,9-10,12-14H2,1H3,(H,25,27,28). The number of rotatable bonds is 5. The number of pyridine rings is 1. The van der Waals surface area contributed by atoms with Crippen LogP contribution in [0, 0.1) is 5.92 Å². The van der Waals surface area contributed by atoms with Gasteiger partial charge in [-0.25, -0.2) is 9.97 Å². The van der Waals surface area contributed by atoms with Crippen molar-refractivity contribution in [3.05, 3.63) is 48.7 Å². The van der Waals surface area contributed by atoms with Gasteiger partial charge in [0.05, 0.1) is 5.52 Å². The van der Waals surface area contributed by atoms with Crippen LogP contribution in [0.1, 0.15) is 39.0 Å². The van der Waals surface area contributed by atoms with Gasteiger partial charge in [-0.15, -0.1) is 0 Å². The highest BCUT2D eigenvalue weighted by Crippen LogP contribution is 2.34. The third kappa shape index (κ3) is 3.59. The Kier molecular flexibility index (Phi) is 4.69. The van der Waals surface area contributed by atoms with Crippen molar-refractivity contribution in [3.8, 4) is 11.5 Å². The zero-order valence-electron chi connectivity index (χ0n) is 16.3. The molecule has 0 amide bonds. The van der Waals surface area contributed by atoms with Gasteiger partial charge in [-0.2, -0.15) is 0 Å². The minimum Gasteiger partial charge on any atom is -0.367 e. The van der Waals surface area contributed by atoms with Crippen molar-refractivity contribution in [2.45, 2.75) is 57.2 Å². The molecular weight excluding hydrogens is 346 g/mol. The van der Waals surface area contributed by atoms with Gasteiger partial charge in [-0.05, 0) is 69.2 Å². The fourth-order valence-electron chi connectivity index (χ4n) is 4.96. The Morgan fingerprint density at radius 3 is 2.61 bits per heavy atom. The average Bonchev–Trinajstić information content (AvgIpc) is 3.06. The van der Waals surface area contributed by atoms with E-state index in [9.17, 15) is 0 Å². The van der Waals surface area contributed by atoms with Crippen LogP contribution in [0.3, 0.4) is 0 Å². The lowest BCUT2D eigenvalue weighted by atomic mass is 9.87. The van der Waals surface area contributed by atoms with E-state index < -0.39 is 0 Å². The zero-order valence-corrected chi connectivity index (χ0v) is 16.3. The van der Waals surface area contributed by atoms with Gasteiger partial charge in [-0.3, -0.25) is 4.98 Å².